The molecule has 0 amide bonds. The fraction of sp³-hybridized carbons (Fsp3) is 0.154. The number of nitrogens with zero attached hydrogens (tertiary/aromatic N) is 1. The zero-order chi connectivity index (χ0) is 13.0. The molecule has 0 saturated carbocycles. The van der Waals surface area contributed by atoms with Gasteiger partial charge >= 0.3 is 0 Å². The SMILES string of the molecule is NCCc1cccnc1Oc1cccc(Cl)c1F. The van der Waals surface area contributed by atoms with Gasteiger partial charge in [-0.15, -0.1) is 0 Å². The molecule has 18 heavy (non-hydrogen) atoms. The van der Waals surface area contributed by atoms with Gasteiger partial charge in [0.15, 0.2) is 11.6 Å². The molecule has 2 aromatic rings. The minimum Gasteiger partial charge on any atom is -0.436 e. The first-order valence-electron chi connectivity index (χ1n) is 5.48. The summed E-state index contributed by atoms with van der Waals surface area (Å²) >= 11 is 5.69. The Balaban J connectivity index is 2.31. The predicted molar refractivity (Wildman–Crippen MR) is 68.5 cm³/mol. The van der Waals surface area contributed by atoms with Crippen molar-refractivity contribution in [3.05, 3.63) is 52.9 Å². The fourth-order valence-electron chi connectivity index (χ4n) is 1.53. The monoisotopic (exact) mass is 266 g/mol. The molecule has 0 aliphatic rings. The van der Waals surface area contributed by atoms with Crippen LogP contribution in [0.4, 0.5) is 4.39 Å². The molecule has 1 heterocycles. The lowest BCUT2D eigenvalue weighted by Gasteiger charge is -2.10. The van der Waals surface area contributed by atoms with Crippen molar-refractivity contribution in [2.75, 3.05) is 6.54 Å². The average Bonchev–Trinajstić information content (AvgIpc) is 2.37. The third-order valence-electron chi connectivity index (χ3n) is 2.39. The lowest BCUT2D eigenvalue weighted by atomic mass is 10.2. The maximum atomic E-state index is 13.7. The second kappa shape index (κ2) is 5.80. The number of hydrogen-bond donors (Lipinski definition) is 1. The Hall–Kier alpha value is -1.65. The molecule has 0 radical (unpaired) electrons. The Bertz CT molecular complexity index is 548. The molecule has 0 aliphatic heterocycles. The van der Waals surface area contributed by atoms with Crippen LogP contribution in [-0.4, -0.2) is 11.5 Å². The fourth-order valence-corrected chi connectivity index (χ4v) is 1.69. The normalized spacial score (nSPS) is 10.4. The van der Waals surface area contributed by atoms with Crippen LogP contribution in [0, 0.1) is 5.82 Å². The molecule has 2 N–H and O–H groups in total. The predicted octanol–water partition coefficient (Wildman–Crippen LogP) is 3.17. The van der Waals surface area contributed by atoms with Gasteiger partial charge in [0.1, 0.15) is 0 Å². The first-order valence-corrected chi connectivity index (χ1v) is 5.86. The minimum atomic E-state index is -0.594. The average molecular weight is 267 g/mol. The van der Waals surface area contributed by atoms with Crippen LogP contribution in [0.3, 0.4) is 0 Å². The number of pyridine rings is 1. The van der Waals surface area contributed by atoms with Gasteiger partial charge in [0.2, 0.25) is 5.88 Å². The summed E-state index contributed by atoms with van der Waals surface area (Å²) in [6, 6.07) is 8.21. The zero-order valence-corrected chi connectivity index (χ0v) is 10.3. The van der Waals surface area contributed by atoms with Crippen LogP contribution in [0.1, 0.15) is 5.56 Å². The van der Waals surface area contributed by atoms with Crippen LogP contribution in [-0.2, 0) is 6.42 Å². The highest BCUT2D eigenvalue weighted by Crippen LogP contribution is 2.29. The summed E-state index contributed by atoms with van der Waals surface area (Å²) in [5, 5.41) is 0.0174. The molecule has 0 saturated heterocycles. The quantitative estimate of drug-likeness (QED) is 0.925. The van der Waals surface area contributed by atoms with E-state index in [1.807, 2.05) is 6.07 Å². The summed E-state index contributed by atoms with van der Waals surface area (Å²) in [4.78, 5) is 4.08. The second-order valence-electron chi connectivity index (χ2n) is 3.66. The van der Waals surface area contributed by atoms with E-state index in [1.165, 1.54) is 12.1 Å². The van der Waals surface area contributed by atoms with Gasteiger partial charge in [-0.05, 0) is 31.2 Å². The standard InChI is InChI=1S/C13H12ClFN2O/c14-10-4-1-5-11(12(10)15)18-13-9(6-7-16)3-2-8-17-13/h1-5,8H,6-7,16H2. The lowest BCUT2D eigenvalue weighted by Crippen LogP contribution is -2.05. The lowest BCUT2D eigenvalue weighted by molar-refractivity contribution is 0.423. The Morgan fingerprint density at radius 3 is 2.89 bits per heavy atom. The Morgan fingerprint density at radius 2 is 2.11 bits per heavy atom. The van der Waals surface area contributed by atoms with Gasteiger partial charge in [-0.3, -0.25) is 0 Å². The molecule has 0 unspecified atom stereocenters. The number of rotatable bonds is 4. The Morgan fingerprint density at radius 1 is 1.28 bits per heavy atom. The van der Waals surface area contributed by atoms with Crippen molar-refractivity contribution in [1.29, 1.82) is 0 Å². The molecule has 0 atom stereocenters. The van der Waals surface area contributed by atoms with E-state index in [1.54, 1.807) is 18.3 Å². The van der Waals surface area contributed by atoms with Crippen molar-refractivity contribution < 1.29 is 9.13 Å². The van der Waals surface area contributed by atoms with Crippen LogP contribution in [0.15, 0.2) is 36.5 Å². The number of ether oxygens (including phenoxy) is 1. The van der Waals surface area contributed by atoms with Gasteiger partial charge in [0.25, 0.3) is 0 Å². The number of aromatic nitrogens is 1. The maximum absolute atomic E-state index is 13.7. The van der Waals surface area contributed by atoms with E-state index in [4.69, 9.17) is 22.1 Å². The Labute approximate surface area is 109 Å². The summed E-state index contributed by atoms with van der Waals surface area (Å²) in [7, 11) is 0. The molecule has 0 fully saturated rings. The van der Waals surface area contributed by atoms with Crippen molar-refractivity contribution in [1.82, 2.24) is 4.98 Å². The summed E-state index contributed by atoms with van der Waals surface area (Å²) in [6.45, 7) is 0.472. The number of hydrogen-bond acceptors (Lipinski definition) is 3. The van der Waals surface area contributed by atoms with Gasteiger partial charge in [0, 0.05) is 11.8 Å². The summed E-state index contributed by atoms with van der Waals surface area (Å²) < 4.78 is 19.1. The van der Waals surface area contributed by atoms with Crippen molar-refractivity contribution in [3.8, 4) is 11.6 Å². The molecule has 2 rings (SSSR count). The van der Waals surface area contributed by atoms with E-state index >= 15 is 0 Å². The molecule has 1 aromatic carbocycles. The highest BCUT2D eigenvalue weighted by molar-refractivity contribution is 6.30. The topological polar surface area (TPSA) is 48.1 Å². The largest absolute Gasteiger partial charge is 0.436 e. The number of halogens is 2. The highest BCUT2D eigenvalue weighted by atomic mass is 35.5. The van der Waals surface area contributed by atoms with E-state index in [-0.39, 0.29) is 10.8 Å². The molecule has 0 aliphatic carbocycles. The van der Waals surface area contributed by atoms with Crippen LogP contribution in [0.5, 0.6) is 11.6 Å². The molecular weight excluding hydrogens is 255 g/mol. The van der Waals surface area contributed by atoms with Gasteiger partial charge < -0.3 is 10.5 Å². The summed E-state index contributed by atoms with van der Waals surface area (Å²) in [5.74, 6) is -0.188. The van der Waals surface area contributed by atoms with Gasteiger partial charge in [-0.1, -0.05) is 23.7 Å². The third-order valence-corrected chi connectivity index (χ3v) is 2.68. The number of nitrogens with two attached hydrogens (primary N) is 1. The molecule has 1 aromatic heterocycles. The molecule has 5 heteroatoms. The van der Waals surface area contributed by atoms with Crippen molar-refractivity contribution in [3.63, 3.8) is 0 Å². The first kappa shape index (κ1) is 12.8. The zero-order valence-electron chi connectivity index (χ0n) is 9.57. The first-order chi connectivity index (χ1) is 8.72. The van der Waals surface area contributed by atoms with Crippen molar-refractivity contribution in [2.45, 2.75) is 6.42 Å². The van der Waals surface area contributed by atoms with Crippen LogP contribution in [0.25, 0.3) is 0 Å². The Kier molecular flexibility index (Phi) is 4.12. The van der Waals surface area contributed by atoms with E-state index in [9.17, 15) is 4.39 Å². The minimum absolute atomic E-state index is 0.0174. The molecule has 0 spiro atoms. The third kappa shape index (κ3) is 2.78. The maximum Gasteiger partial charge on any atom is 0.222 e. The molecule has 3 nitrogen and oxygen atoms in total. The van der Waals surface area contributed by atoms with E-state index in [0.29, 0.717) is 18.8 Å². The summed E-state index contributed by atoms with van der Waals surface area (Å²) in [6.07, 6.45) is 2.20. The highest BCUT2D eigenvalue weighted by Gasteiger charge is 2.11. The van der Waals surface area contributed by atoms with E-state index in [2.05, 4.69) is 4.98 Å². The second-order valence-corrected chi connectivity index (χ2v) is 4.07. The summed E-state index contributed by atoms with van der Waals surface area (Å²) in [5.41, 5.74) is 6.33. The van der Waals surface area contributed by atoms with Crippen LogP contribution >= 0.6 is 11.6 Å². The van der Waals surface area contributed by atoms with E-state index in [0.717, 1.165) is 5.56 Å². The number of benzene rings is 1. The van der Waals surface area contributed by atoms with Crippen molar-refractivity contribution >= 4 is 11.6 Å². The molecule has 0 bridgehead atoms. The van der Waals surface area contributed by atoms with Crippen LogP contribution < -0.4 is 10.5 Å². The van der Waals surface area contributed by atoms with Crippen LogP contribution in [0.2, 0.25) is 5.02 Å². The molecule has 94 valence electrons. The smallest absolute Gasteiger partial charge is 0.222 e. The molecular formula is C13H12ClFN2O. The van der Waals surface area contributed by atoms with Gasteiger partial charge in [-0.2, -0.15) is 0 Å². The van der Waals surface area contributed by atoms with Gasteiger partial charge in [0.05, 0.1) is 5.02 Å². The van der Waals surface area contributed by atoms with E-state index < -0.39 is 5.82 Å². The van der Waals surface area contributed by atoms with Crippen molar-refractivity contribution in [2.24, 2.45) is 5.73 Å². The van der Waals surface area contributed by atoms with Gasteiger partial charge in [-0.25, -0.2) is 9.37 Å².